The molecule has 130 valence electrons. The van der Waals surface area contributed by atoms with Crippen molar-refractivity contribution in [2.24, 2.45) is 5.73 Å². The minimum atomic E-state index is -0.351. The molecule has 0 spiro atoms. The summed E-state index contributed by atoms with van der Waals surface area (Å²) in [6.07, 6.45) is 0. The van der Waals surface area contributed by atoms with Crippen molar-refractivity contribution in [3.8, 4) is 11.4 Å². The molecule has 0 aliphatic heterocycles. The van der Waals surface area contributed by atoms with Crippen molar-refractivity contribution in [2.75, 3.05) is 18.0 Å². The van der Waals surface area contributed by atoms with Crippen LogP contribution in [0.4, 0.5) is 5.69 Å². The number of carbonyl (C=O) groups excluding carboxylic acids is 1. The van der Waals surface area contributed by atoms with Crippen LogP contribution in [-0.2, 0) is 11.3 Å². The van der Waals surface area contributed by atoms with Crippen molar-refractivity contribution >= 4 is 23.4 Å². The summed E-state index contributed by atoms with van der Waals surface area (Å²) in [6, 6.07) is 8.34. The number of hydrogen-bond acceptors (Lipinski definition) is 5. The average molecular weight is 347 g/mol. The van der Waals surface area contributed by atoms with E-state index in [2.05, 4.69) is 53.2 Å². The number of primary amides is 1. The van der Waals surface area contributed by atoms with E-state index in [0.717, 1.165) is 31.0 Å². The Morgan fingerprint density at radius 2 is 1.83 bits per heavy atom. The van der Waals surface area contributed by atoms with Gasteiger partial charge in [0.25, 0.3) is 0 Å². The van der Waals surface area contributed by atoms with Gasteiger partial charge in [0.2, 0.25) is 5.91 Å². The van der Waals surface area contributed by atoms with Gasteiger partial charge < -0.3 is 15.2 Å². The van der Waals surface area contributed by atoms with Crippen LogP contribution >= 0.6 is 11.8 Å². The smallest absolute Gasteiger partial charge is 0.230 e. The molecule has 2 aromatic rings. The van der Waals surface area contributed by atoms with Crippen LogP contribution in [0, 0.1) is 0 Å². The maximum absolute atomic E-state index is 11.3. The number of aromatic nitrogens is 3. The van der Waals surface area contributed by atoms with E-state index >= 15 is 0 Å². The van der Waals surface area contributed by atoms with Crippen LogP contribution in [0.25, 0.3) is 11.4 Å². The third-order valence-corrected chi connectivity index (χ3v) is 5.07. The predicted octanol–water partition coefficient (Wildman–Crippen LogP) is 2.78. The first-order valence-electron chi connectivity index (χ1n) is 8.26. The lowest BCUT2D eigenvalue weighted by Gasteiger charge is -2.21. The molecule has 0 saturated carbocycles. The zero-order valence-electron chi connectivity index (χ0n) is 14.7. The van der Waals surface area contributed by atoms with Gasteiger partial charge >= 0.3 is 0 Å². The highest BCUT2D eigenvalue weighted by Gasteiger charge is 2.18. The molecule has 1 aromatic heterocycles. The fraction of sp³-hybridized carbons (Fsp3) is 0.471. The summed E-state index contributed by atoms with van der Waals surface area (Å²) in [5, 5.41) is 8.92. The van der Waals surface area contributed by atoms with Crippen molar-refractivity contribution in [1.29, 1.82) is 0 Å². The molecule has 0 saturated heterocycles. The standard InChI is InChI=1S/C17H25N5OS/c1-5-21(6-2)14-10-8-13(9-11-14)16-19-20-17(22(16)7-3)24-12(4)15(18)23/h8-12H,5-7H2,1-4H3,(H2,18,23)/t12-/m0/s1. The third kappa shape index (κ3) is 3.90. The molecule has 2 N–H and O–H groups in total. The Hall–Kier alpha value is -2.02. The first kappa shape index (κ1) is 18.3. The highest BCUT2D eigenvalue weighted by atomic mass is 32.2. The normalized spacial score (nSPS) is 12.2. The lowest BCUT2D eigenvalue weighted by Crippen LogP contribution is -2.23. The zero-order chi connectivity index (χ0) is 17.7. The molecule has 6 nitrogen and oxygen atoms in total. The Balaban J connectivity index is 2.29. The SMILES string of the molecule is CCN(CC)c1ccc(-c2nnc(S[C@@H](C)C(N)=O)n2CC)cc1. The molecule has 0 radical (unpaired) electrons. The summed E-state index contributed by atoms with van der Waals surface area (Å²) < 4.78 is 2.01. The van der Waals surface area contributed by atoms with Crippen molar-refractivity contribution in [3.05, 3.63) is 24.3 Å². The van der Waals surface area contributed by atoms with Crippen LogP contribution in [0.5, 0.6) is 0 Å². The van der Waals surface area contributed by atoms with Crippen LogP contribution in [0.1, 0.15) is 27.7 Å². The topological polar surface area (TPSA) is 77.0 Å². The van der Waals surface area contributed by atoms with Crippen LogP contribution in [0.15, 0.2) is 29.4 Å². The van der Waals surface area contributed by atoms with E-state index < -0.39 is 0 Å². The van der Waals surface area contributed by atoms with Gasteiger partial charge in [0.15, 0.2) is 11.0 Å². The number of carbonyl (C=O) groups is 1. The highest BCUT2D eigenvalue weighted by Crippen LogP contribution is 2.27. The van der Waals surface area contributed by atoms with Gasteiger partial charge in [0.05, 0.1) is 5.25 Å². The van der Waals surface area contributed by atoms with E-state index in [1.165, 1.54) is 17.4 Å². The monoisotopic (exact) mass is 347 g/mol. The van der Waals surface area contributed by atoms with Crippen molar-refractivity contribution < 1.29 is 4.79 Å². The van der Waals surface area contributed by atoms with Crippen molar-refractivity contribution in [2.45, 2.75) is 44.6 Å². The summed E-state index contributed by atoms with van der Waals surface area (Å²) in [5.41, 5.74) is 7.55. The van der Waals surface area contributed by atoms with Crippen LogP contribution in [-0.4, -0.2) is 39.0 Å². The highest BCUT2D eigenvalue weighted by molar-refractivity contribution is 8.00. The van der Waals surface area contributed by atoms with Crippen LogP contribution < -0.4 is 10.6 Å². The second-order valence-electron chi connectivity index (χ2n) is 5.43. The zero-order valence-corrected chi connectivity index (χ0v) is 15.5. The minimum Gasteiger partial charge on any atom is -0.372 e. The first-order valence-corrected chi connectivity index (χ1v) is 9.14. The van der Waals surface area contributed by atoms with E-state index in [-0.39, 0.29) is 11.2 Å². The Bertz CT molecular complexity index is 679. The molecule has 0 aliphatic carbocycles. The van der Waals surface area contributed by atoms with Crippen molar-refractivity contribution in [3.63, 3.8) is 0 Å². The van der Waals surface area contributed by atoms with Gasteiger partial charge in [-0.15, -0.1) is 10.2 Å². The third-order valence-electron chi connectivity index (χ3n) is 3.97. The van der Waals surface area contributed by atoms with Gasteiger partial charge in [-0.2, -0.15) is 0 Å². The van der Waals surface area contributed by atoms with Gasteiger partial charge in [-0.1, -0.05) is 11.8 Å². The maximum Gasteiger partial charge on any atom is 0.230 e. The van der Waals surface area contributed by atoms with Gasteiger partial charge in [-0.05, 0) is 52.0 Å². The number of hydrogen-bond donors (Lipinski definition) is 1. The molecule has 1 atom stereocenters. The molecule has 0 fully saturated rings. The van der Waals surface area contributed by atoms with E-state index in [9.17, 15) is 4.79 Å². The maximum atomic E-state index is 11.3. The van der Waals surface area contributed by atoms with Crippen LogP contribution in [0.2, 0.25) is 0 Å². The molecule has 1 amide bonds. The minimum absolute atomic E-state index is 0.336. The number of nitrogens with two attached hydrogens (primary N) is 1. The van der Waals surface area contributed by atoms with E-state index in [0.29, 0.717) is 5.16 Å². The van der Waals surface area contributed by atoms with Gasteiger partial charge in [-0.25, -0.2) is 0 Å². The van der Waals surface area contributed by atoms with Gasteiger partial charge in [0.1, 0.15) is 0 Å². The average Bonchev–Trinajstić information content (AvgIpc) is 2.99. The largest absolute Gasteiger partial charge is 0.372 e. The summed E-state index contributed by atoms with van der Waals surface area (Å²) in [7, 11) is 0. The number of benzene rings is 1. The molecular formula is C17H25N5OS. The van der Waals surface area contributed by atoms with Crippen LogP contribution in [0.3, 0.4) is 0 Å². The fourth-order valence-electron chi connectivity index (χ4n) is 2.50. The first-order chi connectivity index (χ1) is 11.5. The number of anilines is 1. The number of amides is 1. The summed E-state index contributed by atoms with van der Waals surface area (Å²) in [6.45, 7) is 10.8. The Kier molecular flexibility index (Phi) is 6.25. The molecule has 1 heterocycles. The Labute approximate surface area is 147 Å². The Morgan fingerprint density at radius 1 is 1.21 bits per heavy atom. The lowest BCUT2D eigenvalue weighted by molar-refractivity contribution is -0.117. The van der Waals surface area contributed by atoms with E-state index in [4.69, 9.17) is 5.73 Å². The number of nitrogens with zero attached hydrogens (tertiary/aromatic N) is 4. The Morgan fingerprint density at radius 3 is 2.33 bits per heavy atom. The molecular weight excluding hydrogens is 322 g/mol. The van der Waals surface area contributed by atoms with E-state index in [1.807, 2.05) is 11.5 Å². The molecule has 2 rings (SSSR count). The van der Waals surface area contributed by atoms with Crippen molar-refractivity contribution in [1.82, 2.24) is 14.8 Å². The summed E-state index contributed by atoms with van der Waals surface area (Å²) in [4.78, 5) is 13.6. The summed E-state index contributed by atoms with van der Waals surface area (Å²) >= 11 is 1.34. The summed E-state index contributed by atoms with van der Waals surface area (Å²) in [5.74, 6) is 0.457. The second-order valence-corrected chi connectivity index (χ2v) is 6.74. The van der Waals surface area contributed by atoms with Gasteiger partial charge in [0, 0.05) is 30.9 Å². The molecule has 1 aromatic carbocycles. The second kappa shape index (κ2) is 8.19. The predicted molar refractivity (Wildman–Crippen MR) is 99.2 cm³/mol. The quantitative estimate of drug-likeness (QED) is 0.743. The number of thioether (sulfide) groups is 1. The molecule has 0 unspecified atom stereocenters. The molecule has 7 heteroatoms. The fourth-order valence-corrected chi connectivity index (χ4v) is 3.36. The van der Waals surface area contributed by atoms with Gasteiger partial charge in [-0.3, -0.25) is 4.79 Å². The van der Waals surface area contributed by atoms with E-state index in [1.54, 1.807) is 6.92 Å². The number of rotatable bonds is 8. The molecule has 24 heavy (non-hydrogen) atoms. The lowest BCUT2D eigenvalue weighted by atomic mass is 10.2. The molecule has 0 bridgehead atoms. The molecule has 0 aliphatic rings.